The van der Waals surface area contributed by atoms with E-state index in [1.54, 1.807) is 4.90 Å². The zero-order valence-electron chi connectivity index (χ0n) is 16.0. The van der Waals surface area contributed by atoms with Crippen LogP contribution in [0.3, 0.4) is 0 Å². The number of benzene rings is 1. The average molecular weight is 343 g/mol. The molecule has 0 bridgehead atoms. The molecule has 0 aromatic heterocycles. The second-order valence-corrected chi connectivity index (χ2v) is 9.05. The lowest BCUT2D eigenvalue weighted by atomic mass is 9.56. The lowest BCUT2D eigenvalue weighted by Gasteiger charge is -2.58. The van der Waals surface area contributed by atoms with Gasteiger partial charge in [-0.2, -0.15) is 0 Å². The first kappa shape index (κ1) is 18.0. The molecular weight excluding hydrogens is 314 g/mol. The number of ketones is 1. The molecule has 0 unspecified atom stereocenters. The number of hydrogen-bond donors (Lipinski definition) is 0. The van der Waals surface area contributed by atoms with Crippen LogP contribution in [0.25, 0.3) is 0 Å². The van der Waals surface area contributed by atoms with E-state index in [1.165, 1.54) is 0 Å². The fourth-order valence-corrected chi connectivity index (χ4v) is 4.09. The quantitative estimate of drug-likeness (QED) is 0.751. The number of Topliss-reactive ketones (excluding diaryl/α,β-unsaturated/α-hetero) is 1. The van der Waals surface area contributed by atoms with Crippen molar-refractivity contribution >= 4 is 11.9 Å². The summed E-state index contributed by atoms with van der Waals surface area (Å²) < 4.78 is 5.41. The Hall–Kier alpha value is -1.84. The lowest BCUT2D eigenvalue weighted by Crippen LogP contribution is -2.65. The molecule has 1 aliphatic carbocycles. The van der Waals surface area contributed by atoms with Crippen molar-refractivity contribution in [3.63, 3.8) is 0 Å². The van der Waals surface area contributed by atoms with Crippen molar-refractivity contribution in [2.75, 3.05) is 13.1 Å². The summed E-state index contributed by atoms with van der Waals surface area (Å²) in [6.07, 6.45) is 1.54. The maximum atomic E-state index is 12.9. The Balaban J connectivity index is 1.56. The molecule has 1 spiro atoms. The van der Waals surface area contributed by atoms with E-state index in [9.17, 15) is 9.59 Å². The second-order valence-electron chi connectivity index (χ2n) is 9.05. The molecule has 4 nitrogen and oxygen atoms in total. The molecule has 1 saturated carbocycles. The second kappa shape index (κ2) is 6.15. The molecule has 1 amide bonds. The molecule has 1 saturated heterocycles. The predicted octanol–water partition coefficient (Wildman–Crippen LogP) is 4.64. The molecule has 0 radical (unpaired) electrons. The van der Waals surface area contributed by atoms with Crippen molar-refractivity contribution in [3.8, 4) is 0 Å². The summed E-state index contributed by atoms with van der Waals surface area (Å²) in [5.74, 6) is 0.715. The normalized spacial score (nSPS) is 19.5. The summed E-state index contributed by atoms with van der Waals surface area (Å²) >= 11 is 0. The third-order valence-electron chi connectivity index (χ3n) is 5.28. The van der Waals surface area contributed by atoms with Crippen LogP contribution >= 0.6 is 0 Å². The van der Waals surface area contributed by atoms with Gasteiger partial charge in [-0.05, 0) is 45.1 Å². The van der Waals surface area contributed by atoms with Gasteiger partial charge in [0.05, 0.1) is 0 Å². The van der Waals surface area contributed by atoms with Crippen molar-refractivity contribution in [1.82, 2.24) is 4.90 Å². The van der Waals surface area contributed by atoms with Crippen molar-refractivity contribution in [1.29, 1.82) is 0 Å². The van der Waals surface area contributed by atoms with E-state index in [2.05, 4.69) is 19.9 Å². The van der Waals surface area contributed by atoms with Crippen LogP contribution in [0, 0.1) is 11.3 Å². The summed E-state index contributed by atoms with van der Waals surface area (Å²) in [6.45, 7) is 11.3. The molecule has 0 atom stereocenters. The average Bonchev–Trinajstić information content (AvgIpc) is 2.42. The standard InChI is InChI=1S/C21H29NO3/c1-14(2)16-8-6-7-9-17(16)18(23)15-10-21(11-15)12-22(13-21)19(24)25-20(3,4)5/h6-9,14-15H,10-13H2,1-5H3. The zero-order chi connectivity index (χ0) is 18.4. The number of rotatable bonds is 3. The van der Waals surface area contributed by atoms with E-state index in [0.29, 0.717) is 5.92 Å². The van der Waals surface area contributed by atoms with Crippen LogP contribution in [0.1, 0.15) is 69.3 Å². The first-order valence-corrected chi connectivity index (χ1v) is 9.21. The lowest BCUT2D eigenvalue weighted by molar-refractivity contribution is -0.0865. The first-order valence-electron chi connectivity index (χ1n) is 9.21. The number of nitrogens with zero attached hydrogens (tertiary/aromatic N) is 1. The van der Waals surface area contributed by atoms with Crippen LogP contribution in [-0.4, -0.2) is 35.5 Å². The minimum atomic E-state index is -0.460. The Morgan fingerprint density at radius 3 is 2.32 bits per heavy atom. The number of carbonyl (C=O) groups is 2. The van der Waals surface area contributed by atoms with Crippen LogP contribution in [-0.2, 0) is 4.74 Å². The Morgan fingerprint density at radius 2 is 1.76 bits per heavy atom. The van der Waals surface area contributed by atoms with Crippen LogP contribution in [0.4, 0.5) is 4.79 Å². The van der Waals surface area contributed by atoms with Gasteiger partial charge in [0.2, 0.25) is 0 Å². The third-order valence-corrected chi connectivity index (χ3v) is 5.28. The van der Waals surface area contributed by atoms with Gasteiger partial charge in [0.1, 0.15) is 5.60 Å². The van der Waals surface area contributed by atoms with E-state index < -0.39 is 5.60 Å². The highest BCUT2D eigenvalue weighted by Gasteiger charge is 2.56. The third kappa shape index (κ3) is 3.58. The number of ether oxygens (including phenoxy) is 1. The highest BCUT2D eigenvalue weighted by atomic mass is 16.6. The fourth-order valence-electron chi connectivity index (χ4n) is 4.09. The summed E-state index contributed by atoms with van der Waals surface area (Å²) in [7, 11) is 0. The molecule has 3 rings (SSSR count). The maximum absolute atomic E-state index is 12.9. The van der Waals surface area contributed by atoms with Gasteiger partial charge in [-0.1, -0.05) is 38.1 Å². The predicted molar refractivity (Wildman–Crippen MR) is 97.8 cm³/mol. The molecule has 0 N–H and O–H groups in total. The van der Waals surface area contributed by atoms with E-state index >= 15 is 0 Å². The Labute approximate surface area is 150 Å². The molecule has 1 aromatic rings. The molecule has 1 aliphatic heterocycles. The molecular formula is C21H29NO3. The van der Waals surface area contributed by atoms with E-state index in [1.807, 2.05) is 39.0 Å². The molecule has 136 valence electrons. The zero-order valence-corrected chi connectivity index (χ0v) is 16.0. The number of hydrogen-bond acceptors (Lipinski definition) is 3. The van der Waals surface area contributed by atoms with Gasteiger partial charge < -0.3 is 9.64 Å². The van der Waals surface area contributed by atoms with Crippen molar-refractivity contribution < 1.29 is 14.3 Å². The molecule has 4 heteroatoms. The van der Waals surface area contributed by atoms with Crippen LogP contribution in [0.5, 0.6) is 0 Å². The largest absolute Gasteiger partial charge is 0.444 e. The minimum absolute atomic E-state index is 0.0979. The number of amides is 1. The minimum Gasteiger partial charge on any atom is -0.444 e. The Kier molecular flexibility index (Phi) is 4.42. The summed E-state index contributed by atoms with van der Waals surface area (Å²) in [5, 5.41) is 0. The molecule has 2 aliphatic rings. The maximum Gasteiger partial charge on any atom is 0.410 e. The van der Waals surface area contributed by atoms with E-state index in [0.717, 1.165) is 37.1 Å². The first-order chi connectivity index (χ1) is 11.6. The van der Waals surface area contributed by atoms with Gasteiger partial charge in [0.15, 0.2) is 5.78 Å². The van der Waals surface area contributed by atoms with Crippen LogP contribution in [0.2, 0.25) is 0 Å². The van der Waals surface area contributed by atoms with Crippen LogP contribution < -0.4 is 0 Å². The van der Waals surface area contributed by atoms with E-state index in [4.69, 9.17) is 4.74 Å². The molecule has 2 fully saturated rings. The highest BCUT2D eigenvalue weighted by Crippen LogP contribution is 2.53. The van der Waals surface area contributed by atoms with Gasteiger partial charge >= 0.3 is 6.09 Å². The highest BCUT2D eigenvalue weighted by molar-refractivity contribution is 6.00. The summed E-state index contributed by atoms with van der Waals surface area (Å²) in [6, 6.07) is 7.95. The Morgan fingerprint density at radius 1 is 1.16 bits per heavy atom. The monoisotopic (exact) mass is 343 g/mol. The van der Waals surface area contributed by atoms with Gasteiger partial charge in [0, 0.05) is 30.0 Å². The van der Waals surface area contributed by atoms with Crippen LogP contribution in [0.15, 0.2) is 24.3 Å². The van der Waals surface area contributed by atoms with Crippen molar-refractivity contribution in [2.24, 2.45) is 11.3 Å². The van der Waals surface area contributed by atoms with Crippen molar-refractivity contribution in [3.05, 3.63) is 35.4 Å². The van der Waals surface area contributed by atoms with Gasteiger partial charge in [-0.3, -0.25) is 4.79 Å². The number of carbonyl (C=O) groups excluding carboxylic acids is 2. The SMILES string of the molecule is CC(C)c1ccccc1C(=O)C1CC2(C1)CN(C(=O)OC(C)(C)C)C2. The van der Waals surface area contributed by atoms with Gasteiger partial charge in [-0.15, -0.1) is 0 Å². The number of likely N-dealkylation sites (tertiary alicyclic amines) is 1. The smallest absolute Gasteiger partial charge is 0.410 e. The topological polar surface area (TPSA) is 46.6 Å². The van der Waals surface area contributed by atoms with Crippen molar-refractivity contribution in [2.45, 2.75) is 59.0 Å². The van der Waals surface area contributed by atoms with Gasteiger partial charge in [-0.25, -0.2) is 4.79 Å². The molecule has 1 aromatic carbocycles. The summed E-state index contributed by atoms with van der Waals surface area (Å²) in [4.78, 5) is 26.7. The Bertz CT molecular complexity index is 673. The van der Waals surface area contributed by atoms with E-state index in [-0.39, 0.29) is 23.2 Å². The fraction of sp³-hybridized carbons (Fsp3) is 0.619. The molecule has 1 heterocycles. The van der Waals surface area contributed by atoms with Gasteiger partial charge in [0.25, 0.3) is 0 Å². The molecule has 25 heavy (non-hydrogen) atoms. The summed E-state index contributed by atoms with van der Waals surface area (Å²) in [5.41, 5.74) is 1.70.